The molecule has 20 heavy (non-hydrogen) atoms. The minimum Gasteiger partial charge on any atom is -0.478 e. The molecule has 0 bridgehead atoms. The fraction of sp³-hybridized carbons (Fsp3) is 0.533. The van der Waals surface area contributed by atoms with Gasteiger partial charge in [0.25, 0.3) is 0 Å². The van der Waals surface area contributed by atoms with Crippen LogP contribution in [0.4, 0.5) is 5.69 Å². The Bertz CT molecular complexity index is 470. The van der Waals surface area contributed by atoms with Crippen molar-refractivity contribution in [3.05, 3.63) is 28.8 Å². The minimum atomic E-state index is -0.996. The largest absolute Gasteiger partial charge is 0.478 e. The molecule has 2 N–H and O–H groups in total. The lowest BCUT2D eigenvalue weighted by Crippen LogP contribution is -2.33. The topological polar surface area (TPSA) is 60.8 Å². The van der Waals surface area contributed by atoms with Crippen LogP contribution in [0.2, 0.25) is 5.02 Å². The van der Waals surface area contributed by atoms with Gasteiger partial charge in [-0.25, -0.2) is 4.79 Å². The van der Waals surface area contributed by atoms with Crippen LogP contribution in [-0.2, 0) is 0 Å². The quantitative estimate of drug-likeness (QED) is 0.877. The summed E-state index contributed by atoms with van der Waals surface area (Å²) >= 11 is 6.01. The predicted octanol–water partition coefficient (Wildman–Crippen LogP) is 3.03. The lowest BCUT2D eigenvalue weighted by Gasteiger charge is -2.33. The number of aliphatic hydroxyl groups excluding tert-OH is 1. The molecule has 1 aliphatic heterocycles. The normalized spacial score (nSPS) is 16.4. The fourth-order valence-corrected chi connectivity index (χ4v) is 2.99. The third-order valence-corrected chi connectivity index (χ3v) is 4.25. The van der Waals surface area contributed by atoms with Crippen molar-refractivity contribution in [2.24, 2.45) is 5.92 Å². The van der Waals surface area contributed by atoms with Gasteiger partial charge in [-0.1, -0.05) is 11.6 Å². The highest BCUT2D eigenvalue weighted by atomic mass is 35.5. The zero-order valence-corrected chi connectivity index (χ0v) is 12.1. The summed E-state index contributed by atoms with van der Waals surface area (Å²) in [5.74, 6) is -0.309. The van der Waals surface area contributed by atoms with Crippen molar-refractivity contribution in [2.75, 3.05) is 24.6 Å². The van der Waals surface area contributed by atoms with E-state index in [1.807, 2.05) is 6.07 Å². The fourth-order valence-electron chi connectivity index (χ4n) is 2.73. The van der Waals surface area contributed by atoms with Gasteiger partial charge in [-0.2, -0.15) is 0 Å². The standard InChI is InChI=1S/C15H20ClNO3/c16-14-10-12(3-4-13(14)15(19)20)17-7-5-11(6-8-17)2-1-9-18/h3-4,10-11,18H,1-2,5-9H2,(H,19,20). The minimum absolute atomic E-state index is 0.147. The average Bonchev–Trinajstić information content (AvgIpc) is 2.45. The molecule has 1 aromatic rings. The molecule has 0 saturated carbocycles. The Hall–Kier alpha value is -1.26. The van der Waals surface area contributed by atoms with E-state index in [1.54, 1.807) is 12.1 Å². The van der Waals surface area contributed by atoms with Crippen molar-refractivity contribution < 1.29 is 15.0 Å². The van der Waals surface area contributed by atoms with Gasteiger partial charge in [0.1, 0.15) is 0 Å². The number of aromatic carboxylic acids is 1. The first-order chi connectivity index (χ1) is 9.61. The van der Waals surface area contributed by atoms with E-state index in [2.05, 4.69) is 4.90 Å². The molecule has 2 rings (SSSR count). The highest BCUT2D eigenvalue weighted by molar-refractivity contribution is 6.33. The summed E-state index contributed by atoms with van der Waals surface area (Å²) in [6.07, 6.45) is 4.18. The van der Waals surface area contributed by atoms with Gasteiger partial charge in [0.15, 0.2) is 0 Å². The van der Waals surface area contributed by atoms with E-state index in [-0.39, 0.29) is 17.2 Å². The van der Waals surface area contributed by atoms with Crippen LogP contribution in [0.25, 0.3) is 0 Å². The van der Waals surface area contributed by atoms with Gasteiger partial charge in [-0.05, 0) is 49.8 Å². The smallest absolute Gasteiger partial charge is 0.337 e. The molecular weight excluding hydrogens is 278 g/mol. The number of carboxylic acid groups (broad SMARTS) is 1. The molecule has 1 saturated heterocycles. The van der Waals surface area contributed by atoms with Gasteiger partial charge < -0.3 is 15.1 Å². The number of benzene rings is 1. The molecule has 1 aromatic carbocycles. The van der Waals surface area contributed by atoms with Crippen LogP contribution in [-0.4, -0.2) is 35.9 Å². The van der Waals surface area contributed by atoms with Gasteiger partial charge in [-0.15, -0.1) is 0 Å². The highest BCUT2D eigenvalue weighted by Gasteiger charge is 2.20. The molecule has 0 amide bonds. The van der Waals surface area contributed by atoms with Gasteiger partial charge in [0, 0.05) is 25.4 Å². The van der Waals surface area contributed by atoms with E-state index in [4.69, 9.17) is 21.8 Å². The van der Waals surface area contributed by atoms with Crippen LogP contribution in [0.5, 0.6) is 0 Å². The second kappa shape index (κ2) is 6.95. The van der Waals surface area contributed by atoms with Crippen molar-refractivity contribution in [3.63, 3.8) is 0 Å². The Morgan fingerprint density at radius 2 is 2.05 bits per heavy atom. The van der Waals surface area contributed by atoms with E-state index < -0.39 is 5.97 Å². The average molecular weight is 298 g/mol. The second-order valence-corrected chi connectivity index (χ2v) is 5.67. The van der Waals surface area contributed by atoms with Crippen molar-refractivity contribution in [1.29, 1.82) is 0 Å². The molecule has 0 unspecified atom stereocenters. The monoisotopic (exact) mass is 297 g/mol. The molecule has 1 aliphatic rings. The number of piperidine rings is 1. The summed E-state index contributed by atoms with van der Waals surface area (Å²) in [4.78, 5) is 13.2. The van der Waals surface area contributed by atoms with Crippen LogP contribution in [0.15, 0.2) is 18.2 Å². The third-order valence-electron chi connectivity index (χ3n) is 3.93. The van der Waals surface area contributed by atoms with E-state index in [9.17, 15) is 4.79 Å². The second-order valence-electron chi connectivity index (χ2n) is 5.27. The lowest BCUT2D eigenvalue weighted by atomic mass is 9.92. The molecule has 110 valence electrons. The molecular formula is C15H20ClNO3. The van der Waals surface area contributed by atoms with Crippen LogP contribution in [0.3, 0.4) is 0 Å². The van der Waals surface area contributed by atoms with Gasteiger partial charge >= 0.3 is 5.97 Å². The van der Waals surface area contributed by atoms with Crippen molar-refractivity contribution >= 4 is 23.3 Å². The lowest BCUT2D eigenvalue weighted by molar-refractivity contribution is 0.0697. The number of halogens is 1. The van der Waals surface area contributed by atoms with Crippen LogP contribution < -0.4 is 4.90 Å². The van der Waals surface area contributed by atoms with Crippen molar-refractivity contribution in [1.82, 2.24) is 0 Å². The Balaban J connectivity index is 1.97. The molecule has 0 aliphatic carbocycles. The number of nitrogens with zero attached hydrogens (tertiary/aromatic N) is 1. The molecule has 1 fully saturated rings. The van der Waals surface area contributed by atoms with Gasteiger partial charge in [-0.3, -0.25) is 0 Å². The predicted molar refractivity (Wildman–Crippen MR) is 79.7 cm³/mol. The Labute approximate surface area is 124 Å². The van der Waals surface area contributed by atoms with E-state index in [0.29, 0.717) is 5.92 Å². The SMILES string of the molecule is O=C(O)c1ccc(N2CCC(CCCO)CC2)cc1Cl. The molecule has 1 heterocycles. The maximum absolute atomic E-state index is 10.9. The molecule has 0 atom stereocenters. The summed E-state index contributed by atoms with van der Waals surface area (Å²) in [5, 5.41) is 18.1. The van der Waals surface area contributed by atoms with E-state index in [1.165, 1.54) is 0 Å². The molecule has 4 nitrogen and oxygen atoms in total. The number of anilines is 1. The molecule has 0 radical (unpaired) electrons. The summed E-state index contributed by atoms with van der Waals surface area (Å²) in [6.45, 7) is 2.18. The molecule has 5 heteroatoms. The molecule has 0 aromatic heterocycles. The van der Waals surface area contributed by atoms with Crippen LogP contribution >= 0.6 is 11.6 Å². The summed E-state index contributed by atoms with van der Waals surface area (Å²) in [5.41, 5.74) is 1.13. The summed E-state index contributed by atoms with van der Waals surface area (Å²) in [6, 6.07) is 5.13. The summed E-state index contributed by atoms with van der Waals surface area (Å²) in [7, 11) is 0. The first-order valence-electron chi connectivity index (χ1n) is 7.00. The van der Waals surface area contributed by atoms with Gasteiger partial charge in [0.2, 0.25) is 0 Å². The highest BCUT2D eigenvalue weighted by Crippen LogP contribution is 2.29. The number of hydrogen-bond donors (Lipinski definition) is 2. The zero-order chi connectivity index (χ0) is 14.5. The number of carboxylic acids is 1. The van der Waals surface area contributed by atoms with Crippen LogP contribution in [0, 0.1) is 5.92 Å². The van der Waals surface area contributed by atoms with Crippen LogP contribution in [0.1, 0.15) is 36.0 Å². The number of carbonyl (C=O) groups is 1. The number of aliphatic hydroxyl groups is 1. The van der Waals surface area contributed by atoms with Gasteiger partial charge in [0.05, 0.1) is 10.6 Å². The number of rotatable bonds is 5. The Kier molecular flexibility index (Phi) is 5.26. The summed E-state index contributed by atoms with van der Waals surface area (Å²) < 4.78 is 0. The Morgan fingerprint density at radius 3 is 2.60 bits per heavy atom. The van der Waals surface area contributed by atoms with E-state index in [0.717, 1.165) is 44.5 Å². The number of hydrogen-bond acceptors (Lipinski definition) is 3. The third kappa shape index (κ3) is 3.64. The van der Waals surface area contributed by atoms with E-state index >= 15 is 0 Å². The van der Waals surface area contributed by atoms with Crippen molar-refractivity contribution in [3.8, 4) is 0 Å². The maximum Gasteiger partial charge on any atom is 0.337 e. The maximum atomic E-state index is 10.9. The first kappa shape index (κ1) is 15.1. The van der Waals surface area contributed by atoms with Crippen molar-refractivity contribution in [2.45, 2.75) is 25.7 Å². The first-order valence-corrected chi connectivity index (χ1v) is 7.38. The zero-order valence-electron chi connectivity index (χ0n) is 11.4. The molecule has 0 spiro atoms. The Morgan fingerprint density at radius 1 is 1.35 bits per heavy atom.